The molecule has 0 saturated carbocycles. The van der Waals surface area contributed by atoms with Crippen LogP contribution in [0.5, 0.6) is 0 Å². The molecule has 0 atom stereocenters. The molecule has 142 valence electrons. The molecule has 0 N–H and O–H groups in total. The molecule has 0 aliphatic carbocycles. The summed E-state index contributed by atoms with van der Waals surface area (Å²) in [5, 5.41) is 0.750. The minimum atomic E-state index is -0.907. The van der Waals surface area contributed by atoms with Crippen molar-refractivity contribution in [3.8, 4) is 22.5 Å². The van der Waals surface area contributed by atoms with Gasteiger partial charge >= 0.3 is 0 Å². The number of hydrogen-bond donors (Lipinski definition) is 0. The van der Waals surface area contributed by atoms with Crippen molar-refractivity contribution in [2.75, 3.05) is 0 Å². The zero-order valence-corrected chi connectivity index (χ0v) is 15.8. The van der Waals surface area contributed by atoms with Gasteiger partial charge < -0.3 is 4.42 Å². The molecule has 0 unspecified atom stereocenters. The third-order valence-electron chi connectivity index (χ3n) is 5.11. The number of nitrogens with zero attached hydrogens (tertiary/aromatic N) is 3. The van der Waals surface area contributed by atoms with Crippen molar-refractivity contribution < 1.29 is 17.8 Å². The summed E-state index contributed by atoms with van der Waals surface area (Å²) in [6, 6.07) is 14.2. The standard InChI is InChI=1S/C23H16F2N3O/c1-13-6-7-15-21-16(24)12-19(25)27-23(21)29-22(15)20(13)18-11-14(8-10-28(18)2)17-5-3-4-9-26-17/h3-12H,1-2H3/q+1. The number of benzene rings is 1. The molecule has 0 spiro atoms. The summed E-state index contributed by atoms with van der Waals surface area (Å²) in [6.45, 7) is 1.96. The number of rotatable bonds is 2. The van der Waals surface area contributed by atoms with Crippen LogP contribution in [0.2, 0.25) is 0 Å². The van der Waals surface area contributed by atoms with Crippen LogP contribution in [-0.2, 0) is 7.05 Å². The third-order valence-corrected chi connectivity index (χ3v) is 5.11. The lowest BCUT2D eigenvalue weighted by atomic mass is 9.99. The fraction of sp³-hybridized carbons (Fsp3) is 0.0870. The van der Waals surface area contributed by atoms with E-state index in [4.69, 9.17) is 4.42 Å². The maximum Gasteiger partial charge on any atom is 0.232 e. The van der Waals surface area contributed by atoms with Gasteiger partial charge in [-0.15, -0.1) is 0 Å². The maximum atomic E-state index is 14.5. The number of aryl methyl sites for hydroxylation is 2. The van der Waals surface area contributed by atoms with Crippen molar-refractivity contribution in [3.05, 3.63) is 78.3 Å². The molecule has 0 radical (unpaired) electrons. The Balaban J connectivity index is 1.84. The van der Waals surface area contributed by atoms with Crippen LogP contribution < -0.4 is 4.57 Å². The fourth-order valence-electron chi connectivity index (χ4n) is 3.69. The zero-order valence-electron chi connectivity index (χ0n) is 15.8. The van der Waals surface area contributed by atoms with Gasteiger partial charge in [-0.2, -0.15) is 9.37 Å². The maximum absolute atomic E-state index is 14.5. The third kappa shape index (κ3) is 2.76. The minimum Gasteiger partial charge on any atom is -0.437 e. The molecule has 5 rings (SSSR count). The minimum absolute atomic E-state index is 0.0483. The highest BCUT2D eigenvalue weighted by atomic mass is 19.1. The van der Waals surface area contributed by atoms with Gasteiger partial charge in [0.2, 0.25) is 17.4 Å². The number of fused-ring (bicyclic) bond motifs is 3. The van der Waals surface area contributed by atoms with Gasteiger partial charge in [0.25, 0.3) is 0 Å². The molecular formula is C23H16F2N3O+. The van der Waals surface area contributed by atoms with Crippen molar-refractivity contribution in [1.29, 1.82) is 0 Å². The van der Waals surface area contributed by atoms with E-state index in [0.717, 1.165) is 34.1 Å². The highest BCUT2D eigenvalue weighted by molar-refractivity contribution is 6.09. The molecule has 4 nitrogen and oxygen atoms in total. The summed E-state index contributed by atoms with van der Waals surface area (Å²) < 4.78 is 35.9. The molecule has 0 aliphatic heterocycles. The van der Waals surface area contributed by atoms with Gasteiger partial charge in [-0.05, 0) is 24.6 Å². The molecular weight excluding hydrogens is 372 g/mol. The van der Waals surface area contributed by atoms with E-state index in [2.05, 4.69) is 9.97 Å². The Labute approximate surface area is 165 Å². The molecule has 0 fully saturated rings. The second kappa shape index (κ2) is 6.44. The van der Waals surface area contributed by atoms with Crippen LogP contribution in [0, 0.1) is 18.7 Å². The first-order chi connectivity index (χ1) is 14.0. The topological polar surface area (TPSA) is 42.8 Å². The molecule has 0 saturated heterocycles. The van der Waals surface area contributed by atoms with Gasteiger partial charge in [0.05, 0.1) is 16.6 Å². The number of hydrogen-bond acceptors (Lipinski definition) is 3. The van der Waals surface area contributed by atoms with Crippen LogP contribution in [0.1, 0.15) is 5.56 Å². The Kier molecular flexibility index (Phi) is 3.87. The van der Waals surface area contributed by atoms with Crippen molar-refractivity contribution in [1.82, 2.24) is 9.97 Å². The summed E-state index contributed by atoms with van der Waals surface area (Å²) in [4.78, 5) is 8.16. The smallest absolute Gasteiger partial charge is 0.232 e. The average Bonchev–Trinajstić information content (AvgIpc) is 3.08. The van der Waals surface area contributed by atoms with E-state index in [1.54, 1.807) is 12.3 Å². The lowest BCUT2D eigenvalue weighted by Gasteiger charge is -2.07. The van der Waals surface area contributed by atoms with E-state index in [0.29, 0.717) is 11.0 Å². The quantitative estimate of drug-likeness (QED) is 0.311. The lowest BCUT2D eigenvalue weighted by molar-refractivity contribution is -0.660. The highest BCUT2D eigenvalue weighted by Crippen LogP contribution is 2.38. The van der Waals surface area contributed by atoms with E-state index in [1.807, 2.05) is 61.1 Å². The molecule has 5 aromatic rings. The molecule has 0 aliphatic rings. The number of pyridine rings is 3. The number of furan rings is 1. The molecule has 4 aromatic heterocycles. The van der Waals surface area contributed by atoms with E-state index >= 15 is 0 Å². The highest BCUT2D eigenvalue weighted by Gasteiger charge is 2.23. The largest absolute Gasteiger partial charge is 0.437 e. The van der Waals surface area contributed by atoms with E-state index in [9.17, 15) is 8.78 Å². The second-order valence-electron chi connectivity index (χ2n) is 6.97. The van der Waals surface area contributed by atoms with Crippen molar-refractivity contribution in [3.63, 3.8) is 0 Å². The Bertz CT molecular complexity index is 1390. The van der Waals surface area contributed by atoms with Crippen molar-refractivity contribution in [2.45, 2.75) is 6.92 Å². The predicted molar refractivity (Wildman–Crippen MR) is 106 cm³/mol. The average molecular weight is 388 g/mol. The van der Waals surface area contributed by atoms with Gasteiger partial charge in [0.1, 0.15) is 12.9 Å². The van der Waals surface area contributed by atoms with Crippen LogP contribution in [-0.4, -0.2) is 9.97 Å². The van der Waals surface area contributed by atoms with Gasteiger partial charge in [0.15, 0.2) is 11.8 Å². The zero-order chi connectivity index (χ0) is 20.1. The van der Waals surface area contributed by atoms with Crippen LogP contribution >= 0.6 is 0 Å². The van der Waals surface area contributed by atoms with Crippen LogP contribution in [0.25, 0.3) is 44.6 Å². The normalized spacial score (nSPS) is 11.4. The van der Waals surface area contributed by atoms with Crippen molar-refractivity contribution in [2.24, 2.45) is 7.05 Å². The predicted octanol–water partition coefficient (Wildman–Crippen LogP) is 5.12. The molecule has 6 heteroatoms. The Morgan fingerprint density at radius 2 is 1.90 bits per heavy atom. The van der Waals surface area contributed by atoms with Gasteiger partial charge in [-0.25, -0.2) is 8.96 Å². The molecule has 1 aromatic carbocycles. The first kappa shape index (κ1) is 17.4. The molecule has 0 bridgehead atoms. The van der Waals surface area contributed by atoms with Gasteiger partial charge in [-0.3, -0.25) is 4.98 Å². The monoisotopic (exact) mass is 388 g/mol. The summed E-state index contributed by atoms with van der Waals surface area (Å²) in [6.07, 6.45) is 3.69. The summed E-state index contributed by atoms with van der Waals surface area (Å²) in [5.41, 5.74) is 4.85. The molecule has 0 amide bonds. The molecule has 4 heterocycles. The van der Waals surface area contributed by atoms with E-state index in [-0.39, 0.29) is 11.1 Å². The van der Waals surface area contributed by atoms with Crippen molar-refractivity contribution >= 4 is 22.1 Å². The first-order valence-electron chi connectivity index (χ1n) is 9.12. The Morgan fingerprint density at radius 3 is 2.69 bits per heavy atom. The Morgan fingerprint density at radius 1 is 1.03 bits per heavy atom. The van der Waals surface area contributed by atoms with Gasteiger partial charge in [0, 0.05) is 35.3 Å². The van der Waals surface area contributed by atoms with E-state index in [1.165, 1.54) is 0 Å². The van der Waals surface area contributed by atoms with Crippen LogP contribution in [0.15, 0.2) is 65.3 Å². The van der Waals surface area contributed by atoms with Gasteiger partial charge in [-0.1, -0.05) is 18.2 Å². The second-order valence-corrected chi connectivity index (χ2v) is 6.97. The van der Waals surface area contributed by atoms with Crippen LogP contribution in [0.3, 0.4) is 0 Å². The fourth-order valence-corrected chi connectivity index (χ4v) is 3.69. The Hall–Kier alpha value is -3.67. The lowest BCUT2D eigenvalue weighted by Crippen LogP contribution is -2.30. The SMILES string of the molecule is Cc1ccc2c(oc3nc(F)cc(F)c32)c1-c1cc(-c2ccccn2)cc[n+]1C. The first-order valence-corrected chi connectivity index (χ1v) is 9.12. The van der Waals surface area contributed by atoms with Crippen LogP contribution in [0.4, 0.5) is 8.78 Å². The summed E-state index contributed by atoms with van der Waals surface area (Å²) in [7, 11) is 1.93. The number of aromatic nitrogens is 3. The molecule has 29 heavy (non-hydrogen) atoms. The summed E-state index contributed by atoms with van der Waals surface area (Å²) >= 11 is 0. The summed E-state index contributed by atoms with van der Waals surface area (Å²) in [5.74, 6) is -1.59. The van der Waals surface area contributed by atoms with E-state index < -0.39 is 11.8 Å². The number of halogens is 2.